The Morgan fingerprint density at radius 1 is 1.25 bits per heavy atom. The summed E-state index contributed by atoms with van der Waals surface area (Å²) in [5.41, 5.74) is 0.673. The number of nitro groups is 1. The molecule has 0 aliphatic heterocycles. The molecule has 0 radical (unpaired) electrons. The van der Waals surface area contributed by atoms with E-state index in [4.69, 9.17) is 4.74 Å². The highest BCUT2D eigenvalue weighted by Crippen LogP contribution is 2.28. The van der Waals surface area contributed by atoms with Crippen molar-refractivity contribution in [3.8, 4) is 11.5 Å². The van der Waals surface area contributed by atoms with Crippen molar-refractivity contribution in [2.75, 3.05) is 0 Å². The van der Waals surface area contributed by atoms with Gasteiger partial charge in [-0.05, 0) is 24.3 Å². The molecule has 6 nitrogen and oxygen atoms in total. The first kappa shape index (κ1) is 13.5. The van der Waals surface area contributed by atoms with E-state index in [0.717, 1.165) is 0 Å². The summed E-state index contributed by atoms with van der Waals surface area (Å²) in [6, 6.07) is 10.3. The van der Waals surface area contributed by atoms with E-state index < -0.39 is 4.92 Å². The highest BCUT2D eigenvalue weighted by molar-refractivity contribution is 5.76. The largest absolute Gasteiger partial charge is 0.504 e. The fourth-order valence-electron chi connectivity index (χ4n) is 1.69. The van der Waals surface area contributed by atoms with Crippen molar-refractivity contribution in [2.24, 2.45) is 0 Å². The Morgan fingerprint density at radius 3 is 2.70 bits per heavy atom. The number of phenolic OH excluding ortho intramolecular Hbond substituents is 1. The van der Waals surface area contributed by atoms with Crippen LogP contribution < -0.4 is 4.74 Å². The van der Waals surface area contributed by atoms with Gasteiger partial charge in [0.05, 0.1) is 10.5 Å². The molecule has 0 heterocycles. The maximum Gasteiger partial charge on any atom is 0.276 e. The molecule has 0 saturated carbocycles. The normalized spacial score (nSPS) is 10.0. The van der Waals surface area contributed by atoms with Gasteiger partial charge in [-0.1, -0.05) is 12.1 Å². The van der Waals surface area contributed by atoms with E-state index in [2.05, 4.69) is 0 Å². The first-order chi connectivity index (χ1) is 9.61. The molecule has 0 aliphatic carbocycles. The minimum absolute atomic E-state index is 0.0569. The molecule has 0 fully saturated rings. The number of hydrogen-bond acceptors (Lipinski definition) is 5. The molecule has 2 rings (SSSR count). The Balaban J connectivity index is 2.21. The molecular weight excluding hydrogens is 262 g/mol. The molecule has 102 valence electrons. The van der Waals surface area contributed by atoms with Crippen LogP contribution in [-0.4, -0.2) is 16.3 Å². The minimum Gasteiger partial charge on any atom is -0.504 e. The van der Waals surface area contributed by atoms with Crippen molar-refractivity contribution in [2.45, 2.75) is 6.61 Å². The SMILES string of the molecule is O=Cc1ccc(O)c(OCc2ccccc2[N+](=O)[O-])c1. The average molecular weight is 273 g/mol. The van der Waals surface area contributed by atoms with Crippen LogP contribution in [0.4, 0.5) is 5.69 Å². The van der Waals surface area contributed by atoms with E-state index in [-0.39, 0.29) is 23.8 Å². The number of nitrogens with zero attached hydrogens (tertiary/aromatic N) is 1. The number of hydrogen-bond donors (Lipinski definition) is 1. The second kappa shape index (κ2) is 5.83. The highest BCUT2D eigenvalue weighted by atomic mass is 16.6. The number of carbonyl (C=O) groups excluding carboxylic acids is 1. The van der Waals surface area contributed by atoms with Gasteiger partial charge in [0.2, 0.25) is 0 Å². The molecule has 6 heteroatoms. The number of ether oxygens (including phenoxy) is 1. The van der Waals surface area contributed by atoms with Gasteiger partial charge >= 0.3 is 0 Å². The number of rotatable bonds is 5. The van der Waals surface area contributed by atoms with Crippen molar-refractivity contribution in [3.05, 3.63) is 63.7 Å². The third kappa shape index (κ3) is 2.92. The molecule has 2 aromatic carbocycles. The summed E-state index contributed by atoms with van der Waals surface area (Å²) in [6.07, 6.45) is 0.622. The lowest BCUT2D eigenvalue weighted by Crippen LogP contribution is -2.00. The fraction of sp³-hybridized carbons (Fsp3) is 0.0714. The summed E-state index contributed by atoms with van der Waals surface area (Å²) < 4.78 is 5.34. The van der Waals surface area contributed by atoms with E-state index in [1.165, 1.54) is 24.3 Å². The third-order valence-corrected chi connectivity index (χ3v) is 2.69. The summed E-state index contributed by atoms with van der Waals surface area (Å²) >= 11 is 0. The number of aromatic hydroxyl groups is 1. The number of nitro benzene ring substituents is 1. The second-order valence-corrected chi connectivity index (χ2v) is 4.02. The zero-order chi connectivity index (χ0) is 14.5. The smallest absolute Gasteiger partial charge is 0.276 e. The molecule has 2 aromatic rings. The Morgan fingerprint density at radius 2 is 2.00 bits per heavy atom. The van der Waals surface area contributed by atoms with Crippen molar-refractivity contribution in [1.29, 1.82) is 0 Å². The second-order valence-electron chi connectivity index (χ2n) is 4.02. The standard InChI is InChI=1S/C14H11NO5/c16-8-10-5-6-13(17)14(7-10)20-9-11-3-1-2-4-12(11)15(18)19/h1-8,17H,9H2. The van der Waals surface area contributed by atoms with E-state index in [1.807, 2.05) is 0 Å². The Kier molecular flexibility index (Phi) is 3.95. The van der Waals surface area contributed by atoms with Crippen molar-refractivity contribution < 1.29 is 19.6 Å². The molecule has 0 atom stereocenters. The van der Waals surface area contributed by atoms with Crippen molar-refractivity contribution >= 4 is 12.0 Å². The predicted octanol–water partition coefficient (Wildman–Crippen LogP) is 2.69. The maximum absolute atomic E-state index is 10.9. The molecule has 0 unspecified atom stereocenters. The van der Waals surface area contributed by atoms with Gasteiger partial charge in [-0.3, -0.25) is 14.9 Å². The monoisotopic (exact) mass is 273 g/mol. The lowest BCUT2D eigenvalue weighted by Gasteiger charge is -2.08. The Bertz CT molecular complexity index is 654. The first-order valence-corrected chi connectivity index (χ1v) is 5.75. The fourth-order valence-corrected chi connectivity index (χ4v) is 1.69. The van der Waals surface area contributed by atoms with Gasteiger partial charge in [0, 0.05) is 11.6 Å². The average Bonchev–Trinajstić information content (AvgIpc) is 2.46. The van der Waals surface area contributed by atoms with Crippen LogP contribution in [0.3, 0.4) is 0 Å². The van der Waals surface area contributed by atoms with Crippen molar-refractivity contribution in [1.82, 2.24) is 0 Å². The third-order valence-electron chi connectivity index (χ3n) is 2.69. The maximum atomic E-state index is 10.9. The minimum atomic E-state index is -0.500. The first-order valence-electron chi connectivity index (χ1n) is 5.75. The van der Waals surface area contributed by atoms with Crippen LogP contribution in [0.2, 0.25) is 0 Å². The predicted molar refractivity (Wildman–Crippen MR) is 70.9 cm³/mol. The van der Waals surface area contributed by atoms with Gasteiger partial charge in [0.25, 0.3) is 5.69 Å². The van der Waals surface area contributed by atoms with E-state index >= 15 is 0 Å². The van der Waals surface area contributed by atoms with Crippen LogP contribution in [0.25, 0.3) is 0 Å². The number of para-hydroxylation sites is 1. The van der Waals surface area contributed by atoms with Crippen LogP contribution in [-0.2, 0) is 6.61 Å². The van der Waals surface area contributed by atoms with Gasteiger partial charge in [-0.15, -0.1) is 0 Å². The zero-order valence-corrected chi connectivity index (χ0v) is 10.4. The van der Waals surface area contributed by atoms with Gasteiger partial charge in [0.15, 0.2) is 11.5 Å². The summed E-state index contributed by atoms with van der Waals surface area (Å²) in [5.74, 6) is -0.0260. The molecule has 0 bridgehead atoms. The summed E-state index contributed by atoms with van der Waals surface area (Å²) in [5, 5.41) is 20.5. The molecule has 20 heavy (non-hydrogen) atoms. The molecule has 0 aromatic heterocycles. The zero-order valence-electron chi connectivity index (χ0n) is 10.4. The quantitative estimate of drug-likeness (QED) is 0.514. The molecular formula is C14H11NO5. The lowest BCUT2D eigenvalue weighted by molar-refractivity contribution is -0.385. The topological polar surface area (TPSA) is 89.7 Å². The number of benzene rings is 2. The Labute approximate surface area is 114 Å². The summed E-state index contributed by atoms with van der Waals surface area (Å²) in [7, 11) is 0. The summed E-state index contributed by atoms with van der Waals surface area (Å²) in [4.78, 5) is 21.0. The van der Waals surface area contributed by atoms with Gasteiger partial charge in [0.1, 0.15) is 12.9 Å². The van der Waals surface area contributed by atoms with Crippen LogP contribution in [0.5, 0.6) is 11.5 Å². The number of aldehydes is 1. The van der Waals surface area contributed by atoms with Crippen LogP contribution in [0.1, 0.15) is 15.9 Å². The van der Waals surface area contributed by atoms with Crippen LogP contribution >= 0.6 is 0 Å². The van der Waals surface area contributed by atoms with E-state index in [9.17, 15) is 20.0 Å². The van der Waals surface area contributed by atoms with Crippen LogP contribution in [0.15, 0.2) is 42.5 Å². The van der Waals surface area contributed by atoms with Crippen LogP contribution in [0, 0.1) is 10.1 Å². The molecule has 0 saturated heterocycles. The Hall–Kier alpha value is -2.89. The van der Waals surface area contributed by atoms with Gasteiger partial charge in [-0.25, -0.2) is 0 Å². The van der Waals surface area contributed by atoms with E-state index in [1.54, 1.807) is 18.2 Å². The lowest BCUT2D eigenvalue weighted by atomic mass is 10.2. The summed E-state index contributed by atoms with van der Waals surface area (Å²) in [6.45, 7) is -0.0764. The molecule has 0 aliphatic rings. The van der Waals surface area contributed by atoms with Gasteiger partial charge in [-0.2, -0.15) is 0 Å². The molecule has 0 amide bonds. The van der Waals surface area contributed by atoms with Crippen molar-refractivity contribution in [3.63, 3.8) is 0 Å². The number of phenols is 1. The highest BCUT2D eigenvalue weighted by Gasteiger charge is 2.13. The van der Waals surface area contributed by atoms with Gasteiger partial charge < -0.3 is 9.84 Å². The number of carbonyl (C=O) groups is 1. The molecule has 1 N–H and O–H groups in total. The molecule has 0 spiro atoms. The van der Waals surface area contributed by atoms with E-state index in [0.29, 0.717) is 17.4 Å².